The first kappa shape index (κ1) is 17.6. The van der Waals surface area contributed by atoms with Gasteiger partial charge in [-0.3, -0.25) is 13.7 Å². The van der Waals surface area contributed by atoms with Crippen molar-refractivity contribution in [3.05, 3.63) is 24.3 Å². The lowest BCUT2D eigenvalue weighted by molar-refractivity contribution is 0.457. The Morgan fingerprint density at radius 2 is 1.30 bits per heavy atom. The van der Waals surface area contributed by atoms with Gasteiger partial charge in [-0.2, -0.15) is 25.3 Å². The van der Waals surface area contributed by atoms with Crippen LogP contribution in [0.3, 0.4) is 0 Å². The van der Waals surface area contributed by atoms with Gasteiger partial charge in [-0.05, 0) is 17.5 Å². The number of hydrogen-bond acceptors (Lipinski definition) is 7. The lowest BCUT2D eigenvalue weighted by Crippen LogP contribution is -2.15. The molecule has 0 atom stereocenters. The van der Waals surface area contributed by atoms with Crippen molar-refractivity contribution in [3.63, 3.8) is 0 Å². The van der Waals surface area contributed by atoms with Gasteiger partial charge in [-0.25, -0.2) is 0 Å². The zero-order valence-electron chi connectivity index (χ0n) is 10.9. The van der Waals surface area contributed by atoms with Gasteiger partial charge in [-0.1, -0.05) is 12.1 Å². The van der Waals surface area contributed by atoms with E-state index in [-0.39, 0.29) is 11.1 Å². The maximum absolute atomic E-state index is 11.6. The summed E-state index contributed by atoms with van der Waals surface area (Å²) in [6.07, 6.45) is 0. The summed E-state index contributed by atoms with van der Waals surface area (Å²) in [6, 6.07) is 4.24. The molecule has 23 heavy (non-hydrogen) atoms. The number of benzene rings is 2. The van der Waals surface area contributed by atoms with Gasteiger partial charge in [0.15, 0.2) is 0 Å². The van der Waals surface area contributed by atoms with E-state index in [2.05, 4.69) is 0 Å². The average molecular weight is 383 g/mol. The Morgan fingerprint density at radius 3 is 1.74 bits per heavy atom. The summed E-state index contributed by atoms with van der Waals surface area (Å²) in [5.41, 5.74) is 5.26. The first-order valence-electron chi connectivity index (χ1n) is 5.52. The van der Waals surface area contributed by atoms with Crippen molar-refractivity contribution in [1.82, 2.24) is 0 Å². The standard InChI is InChI=1S/C10H9NO9S3/c11-6-3-1-2-5-4-7(21(12,13)14)9(22(15,16)17)10(8(5)6)23(18,19)20/h1-4H,11H2,(H,12,13,14)(H,15,16,17)(H,18,19,20). The van der Waals surface area contributed by atoms with Crippen LogP contribution in [0.25, 0.3) is 10.8 Å². The highest BCUT2D eigenvalue weighted by molar-refractivity contribution is 7.90. The zero-order chi connectivity index (χ0) is 17.8. The van der Waals surface area contributed by atoms with Crippen LogP contribution in [0.4, 0.5) is 5.69 Å². The molecule has 0 unspecified atom stereocenters. The Morgan fingerprint density at radius 1 is 0.783 bits per heavy atom. The van der Waals surface area contributed by atoms with Crippen LogP contribution in [0.2, 0.25) is 0 Å². The van der Waals surface area contributed by atoms with Crippen LogP contribution in [0.1, 0.15) is 0 Å². The molecular weight excluding hydrogens is 374 g/mol. The monoisotopic (exact) mass is 383 g/mol. The minimum Gasteiger partial charge on any atom is -0.398 e. The summed E-state index contributed by atoms with van der Waals surface area (Å²) in [4.78, 5) is -4.54. The second kappa shape index (κ2) is 5.12. The van der Waals surface area contributed by atoms with E-state index in [1.165, 1.54) is 12.1 Å². The van der Waals surface area contributed by atoms with Gasteiger partial charge in [0.1, 0.15) is 14.7 Å². The van der Waals surface area contributed by atoms with Gasteiger partial charge in [0.2, 0.25) is 0 Å². The second-order valence-electron chi connectivity index (χ2n) is 4.40. The number of fused-ring (bicyclic) bond motifs is 1. The van der Waals surface area contributed by atoms with Crippen LogP contribution in [-0.4, -0.2) is 38.9 Å². The van der Waals surface area contributed by atoms with Gasteiger partial charge in [-0.15, -0.1) is 0 Å². The molecule has 10 nitrogen and oxygen atoms in total. The zero-order valence-corrected chi connectivity index (χ0v) is 13.4. The molecule has 0 fully saturated rings. The summed E-state index contributed by atoms with van der Waals surface area (Å²) in [6.45, 7) is 0. The van der Waals surface area contributed by atoms with Crippen molar-refractivity contribution in [2.24, 2.45) is 0 Å². The van der Waals surface area contributed by atoms with E-state index in [0.717, 1.165) is 6.07 Å². The van der Waals surface area contributed by atoms with E-state index in [9.17, 15) is 34.4 Å². The third-order valence-electron chi connectivity index (χ3n) is 2.87. The maximum Gasteiger partial charge on any atom is 0.297 e. The molecule has 0 amide bonds. The molecule has 0 spiro atoms. The van der Waals surface area contributed by atoms with Crippen LogP contribution >= 0.6 is 0 Å². The van der Waals surface area contributed by atoms with Crippen molar-refractivity contribution >= 4 is 46.8 Å². The molecule has 2 aromatic rings. The highest BCUT2D eigenvalue weighted by Crippen LogP contribution is 2.37. The fourth-order valence-electron chi connectivity index (χ4n) is 2.09. The van der Waals surface area contributed by atoms with E-state index in [0.29, 0.717) is 6.07 Å². The Kier molecular flexibility index (Phi) is 3.91. The number of nitrogens with two attached hydrogens (primary N) is 1. The van der Waals surface area contributed by atoms with Gasteiger partial charge >= 0.3 is 0 Å². The molecule has 126 valence electrons. The van der Waals surface area contributed by atoms with Crippen LogP contribution in [0, 0.1) is 0 Å². The van der Waals surface area contributed by atoms with Crippen LogP contribution < -0.4 is 5.73 Å². The lowest BCUT2D eigenvalue weighted by atomic mass is 10.1. The highest BCUT2D eigenvalue weighted by Gasteiger charge is 2.35. The summed E-state index contributed by atoms with van der Waals surface area (Å²) in [5.74, 6) is 0. The molecule has 2 rings (SSSR count). The molecule has 0 saturated heterocycles. The smallest absolute Gasteiger partial charge is 0.297 e. The molecule has 0 saturated carbocycles. The summed E-state index contributed by atoms with van der Waals surface area (Å²) < 4.78 is 96.6. The minimum absolute atomic E-state index is 0.197. The number of anilines is 1. The fraction of sp³-hybridized carbons (Fsp3) is 0. The molecule has 0 aliphatic carbocycles. The first-order chi connectivity index (χ1) is 10.2. The van der Waals surface area contributed by atoms with Crippen molar-refractivity contribution in [3.8, 4) is 0 Å². The van der Waals surface area contributed by atoms with Crippen LogP contribution in [0.15, 0.2) is 39.0 Å². The van der Waals surface area contributed by atoms with Crippen molar-refractivity contribution in [2.75, 3.05) is 5.73 Å². The van der Waals surface area contributed by atoms with Crippen LogP contribution in [-0.2, 0) is 30.4 Å². The summed E-state index contributed by atoms with van der Waals surface area (Å²) >= 11 is 0. The van der Waals surface area contributed by atoms with Gasteiger partial charge in [0.25, 0.3) is 30.4 Å². The third-order valence-corrected chi connectivity index (χ3v) is 5.87. The van der Waals surface area contributed by atoms with E-state index in [4.69, 9.17) is 10.3 Å². The van der Waals surface area contributed by atoms with E-state index in [1.807, 2.05) is 0 Å². The SMILES string of the molecule is Nc1cccc2cc(S(=O)(=O)O)c(S(=O)(=O)O)c(S(=O)(=O)O)c12. The van der Waals surface area contributed by atoms with Crippen LogP contribution in [0.5, 0.6) is 0 Å². The number of nitrogen functional groups attached to an aromatic ring is 1. The molecule has 13 heteroatoms. The Balaban J connectivity index is 3.39. The quantitative estimate of drug-likeness (QED) is 0.419. The molecular formula is C10H9NO9S3. The fourth-order valence-corrected chi connectivity index (χ4v) is 5.51. The Hall–Kier alpha value is -1.77. The maximum atomic E-state index is 11.6. The van der Waals surface area contributed by atoms with Crippen molar-refractivity contribution in [1.29, 1.82) is 0 Å². The van der Waals surface area contributed by atoms with Gasteiger partial charge in [0, 0.05) is 11.1 Å². The molecule has 0 aliphatic heterocycles. The third kappa shape index (κ3) is 3.15. The van der Waals surface area contributed by atoms with Gasteiger partial charge in [0.05, 0.1) is 0 Å². The van der Waals surface area contributed by atoms with E-state index in [1.54, 1.807) is 0 Å². The first-order valence-corrected chi connectivity index (χ1v) is 9.84. The van der Waals surface area contributed by atoms with E-state index < -0.39 is 50.4 Å². The summed E-state index contributed by atoms with van der Waals surface area (Å²) in [7, 11) is -16.1. The molecule has 0 heterocycles. The predicted molar refractivity (Wildman–Crippen MR) is 77.8 cm³/mol. The number of rotatable bonds is 3. The van der Waals surface area contributed by atoms with Crippen molar-refractivity contribution in [2.45, 2.75) is 14.7 Å². The van der Waals surface area contributed by atoms with E-state index >= 15 is 0 Å². The molecule has 0 aliphatic rings. The van der Waals surface area contributed by atoms with Gasteiger partial charge < -0.3 is 5.73 Å². The lowest BCUT2D eigenvalue weighted by Gasteiger charge is -2.13. The molecule has 0 radical (unpaired) electrons. The molecule has 2 aromatic carbocycles. The Labute approximate surface area is 130 Å². The Bertz CT molecular complexity index is 1130. The summed E-state index contributed by atoms with van der Waals surface area (Å²) in [5, 5.41) is -0.715. The molecule has 0 bridgehead atoms. The topological polar surface area (TPSA) is 189 Å². The molecule has 5 N–H and O–H groups in total. The normalized spacial score (nSPS) is 13.3. The largest absolute Gasteiger partial charge is 0.398 e. The predicted octanol–water partition coefficient (Wildman–Crippen LogP) is 0.162. The molecule has 0 aromatic heterocycles. The minimum atomic E-state index is -5.47. The highest BCUT2D eigenvalue weighted by atomic mass is 32.2. The average Bonchev–Trinajstić information content (AvgIpc) is 2.33. The number of hydrogen-bond donors (Lipinski definition) is 4. The van der Waals surface area contributed by atoms with Crippen molar-refractivity contribution < 1.29 is 38.9 Å². The second-order valence-corrected chi connectivity index (χ2v) is 8.51.